The van der Waals surface area contributed by atoms with Gasteiger partial charge in [-0.15, -0.1) is 0 Å². The van der Waals surface area contributed by atoms with E-state index in [0.717, 1.165) is 42.9 Å². The SMILES string of the molecule is CCCNCC(OC(C)CCC)c1ccccc1Cl. The van der Waals surface area contributed by atoms with Crippen LogP contribution >= 0.6 is 11.6 Å². The molecule has 1 aromatic rings. The maximum atomic E-state index is 6.28. The Morgan fingerprint density at radius 3 is 2.58 bits per heavy atom. The van der Waals surface area contributed by atoms with Crippen LogP contribution in [0.1, 0.15) is 51.7 Å². The first-order valence-electron chi connectivity index (χ1n) is 7.29. The average molecular weight is 284 g/mol. The molecule has 0 bridgehead atoms. The third-order valence-electron chi connectivity index (χ3n) is 3.10. The molecule has 1 rings (SSSR count). The number of hydrogen-bond acceptors (Lipinski definition) is 2. The molecular formula is C16H26ClNO. The van der Waals surface area contributed by atoms with Crippen molar-refractivity contribution in [3.05, 3.63) is 34.9 Å². The van der Waals surface area contributed by atoms with E-state index in [4.69, 9.17) is 16.3 Å². The van der Waals surface area contributed by atoms with Gasteiger partial charge in [0.25, 0.3) is 0 Å². The van der Waals surface area contributed by atoms with Crippen LogP contribution in [0.5, 0.6) is 0 Å². The Hall–Kier alpha value is -0.570. The van der Waals surface area contributed by atoms with E-state index in [9.17, 15) is 0 Å². The lowest BCUT2D eigenvalue weighted by Gasteiger charge is -2.24. The van der Waals surface area contributed by atoms with E-state index in [1.165, 1.54) is 0 Å². The minimum Gasteiger partial charge on any atom is -0.369 e. The third-order valence-corrected chi connectivity index (χ3v) is 3.44. The van der Waals surface area contributed by atoms with Gasteiger partial charge in [0.1, 0.15) is 0 Å². The van der Waals surface area contributed by atoms with Crippen molar-refractivity contribution in [1.82, 2.24) is 5.32 Å². The van der Waals surface area contributed by atoms with Crippen molar-refractivity contribution in [2.45, 2.75) is 52.2 Å². The van der Waals surface area contributed by atoms with Crippen LogP contribution in [-0.2, 0) is 4.74 Å². The van der Waals surface area contributed by atoms with Crippen molar-refractivity contribution < 1.29 is 4.74 Å². The fourth-order valence-corrected chi connectivity index (χ4v) is 2.39. The molecule has 0 aliphatic rings. The van der Waals surface area contributed by atoms with E-state index in [2.05, 4.69) is 32.2 Å². The van der Waals surface area contributed by atoms with Crippen LogP contribution < -0.4 is 5.32 Å². The van der Waals surface area contributed by atoms with Gasteiger partial charge in [0.15, 0.2) is 0 Å². The van der Waals surface area contributed by atoms with Crippen LogP contribution in [0.15, 0.2) is 24.3 Å². The Balaban J connectivity index is 2.71. The highest BCUT2D eigenvalue weighted by molar-refractivity contribution is 6.31. The Bertz CT molecular complexity index is 356. The molecule has 0 aromatic heterocycles. The lowest BCUT2D eigenvalue weighted by atomic mass is 10.1. The predicted octanol–water partition coefficient (Wildman–Crippen LogP) is 4.59. The molecule has 0 aliphatic heterocycles. The van der Waals surface area contributed by atoms with E-state index in [-0.39, 0.29) is 12.2 Å². The van der Waals surface area contributed by atoms with Crippen molar-refractivity contribution >= 4 is 11.6 Å². The zero-order valence-electron chi connectivity index (χ0n) is 12.3. The molecule has 0 heterocycles. The second-order valence-electron chi connectivity index (χ2n) is 4.95. The number of halogens is 1. The van der Waals surface area contributed by atoms with Crippen molar-refractivity contribution in [3.8, 4) is 0 Å². The highest BCUT2D eigenvalue weighted by Gasteiger charge is 2.17. The zero-order valence-corrected chi connectivity index (χ0v) is 13.0. The van der Waals surface area contributed by atoms with E-state index < -0.39 is 0 Å². The smallest absolute Gasteiger partial charge is 0.0967 e. The van der Waals surface area contributed by atoms with Crippen LogP contribution in [0, 0.1) is 0 Å². The Morgan fingerprint density at radius 2 is 1.95 bits per heavy atom. The second-order valence-corrected chi connectivity index (χ2v) is 5.36. The summed E-state index contributed by atoms with van der Waals surface area (Å²) in [6.07, 6.45) is 3.63. The molecule has 1 aromatic carbocycles. The maximum absolute atomic E-state index is 6.28. The lowest BCUT2D eigenvalue weighted by Crippen LogP contribution is -2.26. The number of benzene rings is 1. The molecule has 0 radical (unpaired) electrons. The van der Waals surface area contributed by atoms with Crippen molar-refractivity contribution in [2.24, 2.45) is 0 Å². The number of hydrogen-bond donors (Lipinski definition) is 1. The molecule has 0 amide bonds. The summed E-state index contributed by atoms with van der Waals surface area (Å²) in [7, 11) is 0. The number of nitrogens with one attached hydrogen (secondary N) is 1. The Kier molecular flexibility index (Phi) is 8.11. The van der Waals surface area contributed by atoms with Gasteiger partial charge in [0.05, 0.1) is 12.2 Å². The first-order chi connectivity index (χ1) is 9.19. The maximum Gasteiger partial charge on any atom is 0.0967 e. The van der Waals surface area contributed by atoms with E-state index in [0.29, 0.717) is 0 Å². The van der Waals surface area contributed by atoms with Crippen LogP contribution in [0.25, 0.3) is 0 Å². The zero-order chi connectivity index (χ0) is 14.1. The van der Waals surface area contributed by atoms with Crippen LogP contribution in [0.2, 0.25) is 5.02 Å². The predicted molar refractivity (Wildman–Crippen MR) is 82.8 cm³/mol. The molecule has 19 heavy (non-hydrogen) atoms. The largest absolute Gasteiger partial charge is 0.369 e. The molecule has 0 aliphatic carbocycles. The van der Waals surface area contributed by atoms with Gasteiger partial charge in [-0.25, -0.2) is 0 Å². The van der Waals surface area contributed by atoms with Gasteiger partial charge in [0, 0.05) is 17.1 Å². The molecule has 1 N–H and O–H groups in total. The fourth-order valence-electron chi connectivity index (χ4n) is 2.13. The summed E-state index contributed by atoms with van der Waals surface area (Å²) in [5.74, 6) is 0. The quantitative estimate of drug-likeness (QED) is 0.670. The van der Waals surface area contributed by atoms with Gasteiger partial charge in [-0.2, -0.15) is 0 Å². The summed E-state index contributed by atoms with van der Waals surface area (Å²) in [4.78, 5) is 0. The van der Waals surface area contributed by atoms with Gasteiger partial charge in [-0.1, -0.05) is 50.1 Å². The standard InChI is InChI=1S/C16H26ClNO/c1-4-8-13(3)19-16(12-18-11-5-2)14-9-6-7-10-15(14)17/h6-7,9-10,13,16,18H,4-5,8,11-12H2,1-3H3. The van der Waals surface area contributed by atoms with Gasteiger partial charge in [-0.05, 0) is 32.4 Å². The number of ether oxygens (including phenoxy) is 1. The first-order valence-corrected chi connectivity index (χ1v) is 7.67. The fraction of sp³-hybridized carbons (Fsp3) is 0.625. The molecule has 0 saturated heterocycles. The molecule has 0 spiro atoms. The molecule has 0 saturated carbocycles. The summed E-state index contributed by atoms with van der Waals surface area (Å²) >= 11 is 6.28. The summed E-state index contributed by atoms with van der Waals surface area (Å²) < 4.78 is 6.16. The van der Waals surface area contributed by atoms with Crippen LogP contribution in [-0.4, -0.2) is 19.2 Å². The molecule has 2 unspecified atom stereocenters. The molecule has 3 heteroatoms. The van der Waals surface area contributed by atoms with Gasteiger partial charge in [-0.3, -0.25) is 0 Å². The molecular weight excluding hydrogens is 258 g/mol. The monoisotopic (exact) mass is 283 g/mol. The average Bonchev–Trinajstić information content (AvgIpc) is 2.39. The summed E-state index contributed by atoms with van der Waals surface area (Å²) in [6, 6.07) is 7.95. The minimum atomic E-state index is 0.0294. The summed E-state index contributed by atoms with van der Waals surface area (Å²) in [5, 5.41) is 4.21. The van der Waals surface area contributed by atoms with E-state index >= 15 is 0 Å². The minimum absolute atomic E-state index is 0.0294. The summed E-state index contributed by atoms with van der Waals surface area (Å²) in [6.45, 7) is 8.29. The number of rotatable bonds is 9. The topological polar surface area (TPSA) is 21.3 Å². The van der Waals surface area contributed by atoms with Crippen molar-refractivity contribution in [1.29, 1.82) is 0 Å². The molecule has 2 atom stereocenters. The Morgan fingerprint density at radius 1 is 1.21 bits per heavy atom. The van der Waals surface area contributed by atoms with Crippen molar-refractivity contribution in [2.75, 3.05) is 13.1 Å². The third kappa shape index (κ3) is 5.94. The lowest BCUT2D eigenvalue weighted by molar-refractivity contribution is -0.00706. The normalized spacial score (nSPS) is 14.3. The molecule has 108 valence electrons. The highest BCUT2D eigenvalue weighted by Crippen LogP contribution is 2.26. The van der Waals surface area contributed by atoms with Gasteiger partial charge >= 0.3 is 0 Å². The molecule has 2 nitrogen and oxygen atoms in total. The van der Waals surface area contributed by atoms with Crippen molar-refractivity contribution in [3.63, 3.8) is 0 Å². The van der Waals surface area contributed by atoms with Crippen LogP contribution in [0.3, 0.4) is 0 Å². The summed E-state index contributed by atoms with van der Waals surface area (Å²) in [5.41, 5.74) is 1.08. The van der Waals surface area contributed by atoms with Gasteiger partial charge < -0.3 is 10.1 Å². The highest BCUT2D eigenvalue weighted by atomic mass is 35.5. The second kappa shape index (κ2) is 9.35. The Labute approximate surface area is 122 Å². The van der Waals surface area contributed by atoms with E-state index in [1.54, 1.807) is 0 Å². The van der Waals surface area contributed by atoms with Gasteiger partial charge in [0.2, 0.25) is 0 Å². The first kappa shape index (κ1) is 16.5. The molecule has 0 fully saturated rings. The van der Waals surface area contributed by atoms with E-state index in [1.807, 2.05) is 18.2 Å². The van der Waals surface area contributed by atoms with Crippen LogP contribution in [0.4, 0.5) is 0 Å².